The van der Waals surface area contributed by atoms with Crippen LogP contribution in [0.5, 0.6) is 11.5 Å². The van der Waals surface area contributed by atoms with Crippen LogP contribution in [0.1, 0.15) is 63.2 Å². The lowest BCUT2D eigenvalue weighted by Gasteiger charge is -2.39. The summed E-state index contributed by atoms with van der Waals surface area (Å²) in [6.45, 7) is 7.44. The highest BCUT2D eigenvalue weighted by Gasteiger charge is 2.61. The Morgan fingerprint density at radius 3 is 2.52 bits per heavy atom. The van der Waals surface area contributed by atoms with Crippen LogP contribution < -0.4 is 14.8 Å². The van der Waals surface area contributed by atoms with Gasteiger partial charge in [-0.1, -0.05) is 20.8 Å². The first kappa shape index (κ1) is 21.7. The monoisotopic (exact) mass is 429 g/mol. The van der Waals surface area contributed by atoms with E-state index in [9.17, 15) is 14.4 Å². The molecule has 2 fully saturated rings. The topological polar surface area (TPSA) is 90.9 Å². The lowest BCUT2D eigenvalue weighted by Crippen LogP contribution is -2.48. The number of amides is 1. The van der Waals surface area contributed by atoms with Gasteiger partial charge in [-0.15, -0.1) is 0 Å². The van der Waals surface area contributed by atoms with Crippen molar-refractivity contribution >= 4 is 17.7 Å². The van der Waals surface area contributed by atoms with Gasteiger partial charge < -0.3 is 19.5 Å². The van der Waals surface area contributed by atoms with E-state index in [1.807, 2.05) is 0 Å². The van der Waals surface area contributed by atoms with E-state index in [1.165, 1.54) is 6.42 Å². The highest BCUT2D eigenvalue weighted by molar-refractivity contribution is 5.98. The number of esters is 1. The van der Waals surface area contributed by atoms with Gasteiger partial charge in [-0.2, -0.15) is 0 Å². The molecule has 7 nitrogen and oxygen atoms in total. The molecule has 0 spiro atoms. The second-order valence-corrected chi connectivity index (χ2v) is 9.67. The van der Waals surface area contributed by atoms with Crippen molar-refractivity contribution in [3.05, 3.63) is 23.8 Å². The van der Waals surface area contributed by atoms with Gasteiger partial charge in [0.05, 0.1) is 6.42 Å². The molecule has 0 radical (unpaired) electrons. The van der Waals surface area contributed by atoms with E-state index in [0.717, 1.165) is 12.8 Å². The number of ketones is 1. The third-order valence-electron chi connectivity index (χ3n) is 7.91. The number of benzene rings is 1. The molecule has 1 N–H and O–H groups in total. The molecule has 1 aromatic carbocycles. The van der Waals surface area contributed by atoms with Crippen molar-refractivity contribution in [2.45, 2.75) is 58.9 Å². The molecule has 3 unspecified atom stereocenters. The molecule has 3 atom stereocenters. The zero-order valence-corrected chi connectivity index (χ0v) is 18.5. The number of Topliss-reactive ketones (excluding diaryl/α,β-unsaturated/α-hetero) is 1. The Bertz CT molecular complexity index is 894. The van der Waals surface area contributed by atoms with Crippen LogP contribution >= 0.6 is 0 Å². The molecule has 1 amide bonds. The van der Waals surface area contributed by atoms with Crippen molar-refractivity contribution in [2.75, 3.05) is 19.8 Å². The molecule has 0 saturated heterocycles. The second-order valence-electron chi connectivity index (χ2n) is 9.67. The van der Waals surface area contributed by atoms with Gasteiger partial charge in [0, 0.05) is 18.0 Å². The van der Waals surface area contributed by atoms with Gasteiger partial charge >= 0.3 is 5.97 Å². The first-order chi connectivity index (χ1) is 14.7. The predicted octanol–water partition coefficient (Wildman–Crippen LogP) is 3.29. The summed E-state index contributed by atoms with van der Waals surface area (Å²) in [6, 6.07) is 5.10. The lowest BCUT2D eigenvalue weighted by atomic mass is 9.69. The minimum Gasteiger partial charge on any atom is -0.486 e. The van der Waals surface area contributed by atoms with Crippen LogP contribution in [0.15, 0.2) is 18.2 Å². The maximum absolute atomic E-state index is 12.4. The van der Waals surface area contributed by atoms with Crippen molar-refractivity contribution in [3.8, 4) is 11.5 Å². The number of carbonyl (C=O) groups excluding carboxylic acids is 3. The summed E-state index contributed by atoms with van der Waals surface area (Å²) < 4.78 is 16.0. The number of ether oxygens (including phenoxy) is 3. The van der Waals surface area contributed by atoms with Gasteiger partial charge in [-0.05, 0) is 54.2 Å². The number of rotatable bonds is 7. The van der Waals surface area contributed by atoms with Gasteiger partial charge in [0.25, 0.3) is 5.91 Å². The molecule has 1 aliphatic heterocycles. The lowest BCUT2D eigenvalue weighted by molar-refractivity contribution is -0.148. The number of fused-ring (bicyclic) bond motifs is 3. The molecular weight excluding hydrogens is 398 g/mol. The Morgan fingerprint density at radius 1 is 1.10 bits per heavy atom. The Morgan fingerprint density at radius 2 is 1.84 bits per heavy atom. The number of hydrogen-bond donors (Lipinski definition) is 1. The highest BCUT2D eigenvalue weighted by Crippen LogP contribution is 2.65. The zero-order chi connectivity index (χ0) is 22.2. The second kappa shape index (κ2) is 8.17. The summed E-state index contributed by atoms with van der Waals surface area (Å²) in [5.41, 5.74) is 0.741. The molecule has 7 heteroatoms. The molecule has 1 aromatic rings. The summed E-state index contributed by atoms with van der Waals surface area (Å²) in [5, 5.41) is 3.07. The fourth-order valence-corrected chi connectivity index (χ4v) is 5.45. The van der Waals surface area contributed by atoms with Gasteiger partial charge in [0.1, 0.15) is 13.2 Å². The van der Waals surface area contributed by atoms with E-state index in [2.05, 4.69) is 26.1 Å². The van der Waals surface area contributed by atoms with Crippen molar-refractivity contribution in [2.24, 2.45) is 16.7 Å². The molecule has 1 heterocycles. The van der Waals surface area contributed by atoms with Gasteiger partial charge in [-0.3, -0.25) is 14.4 Å². The van der Waals surface area contributed by atoms with Gasteiger partial charge in [0.15, 0.2) is 23.9 Å². The molecule has 2 saturated carbocycles. The maximum Gasteiger partial charge on any atom is 0.306 e. The minimum atomic E-state index is -0.555. The maximum atomic E-state index is 12.4. The molecular formula is C24H31NO6. The Kier molecular flexibility index (Phi) is 5.71. The van der Waals surface area contributed by atoms with Crippen LogP contribution in [0.2, 0.25) is 0 Å². The minimum absolute atomic E-state index is 0.0106. The molecule has 31 heavy (non-hydrogen) atoms. The summed E-state index contributed by atoms with van der Waals surface area (Å²) in [7, 11) is 0. The van der Waals surface area contributed by atoms with E-state index in [-0.39, 0.29) is 48.0 Å². The zero-order valence-electron chi connectivity index (χ0n) is 18.5. The normalized spacial score (nSPS) is 27.6. The first-order valence-corrected chi connectivity index (χ1v) is 11.1. The predicted molar refractivity (Wildman–Crippen MR) is 113 cm³/mol. The van der Waals surface area contributed by atoms with E-state index in [0.29, 0.717) is 36.2 Å². The van der Waals surface area contributed by atoms with E-state index >= 15 is 0 Å². The standard InChI is InChI=1S/C24H31NO6/c1-23(2)16-8-9-24(23,3)20(13-16)25-21(27)14-31-22(28)7-5-17(26)15-4-6-18-19(12-15)30-11-10-29-18/h4,6,12,16,20H,5,7-11,13-14H2,1-3H3,(H,25,27). The molecule has 3 aliphatic rings. The fourth-order valence-electron chi connectivity index (χ4n) is 5.45. The molecule has 2 aliphatic carbocycles. The number of hydrogen-bond acceptors (Lipinski definition) is 6. The van der Waals surface area contributed by atoms with E-state index in [1.54, 1.807) is 18.2 Å². The van der Waals surface area contributed by atoms with Crippen molar-refractivity contribution in [3.63, 3.8) is 0 Å². The molecule has 2 bridgehead atoms. The summed E-state index contributed by atoms with van der Waals surface area (Å²) in [6.07, 6.45) is 3.24. The largest absolute Gasteiger partial charge is 0.486 e. The third kappa shape index (κ3) is 4.02. The Labute approximate surface area is 182 Å². The first-order valence-electron chi connectivity index (χ1n) is 11.1. The fraction of sp³-hybridized carbons (Fsp3) is 0.625. The van der Waals surface area contributed by atoms with Gasteiger partial charge in [0.2, 0.25) is 0 Å². The summed E-state index contributed by atoms with van der Waals surface area (Å²) >= 11 is 0. The molecule has 168 valence electrons. The third-order valence-corrected chi connectivity index (χ3v) is 7.91. The number of carbonyl (C=O) groups is 3. The summed E-state index contributed by atoms with van der Waals surface area (Å²) in [4.78, 5) is 36.8. The van der Waals surface area contributed by atoms with Crippen LogP contribution in [-0.4, -0.2) is 43.5 Å². The van der Waals surface area contributed by atoms with Crippen LogP contribution in [0.4, 0.5) is 0 Å². The Hall–Kier alpha value is -2.57. The SMILES string of the molecule is CC1(C)C2CCC1(C)C(NC(=O)COC(=O)CCC(=O)c1ccc3c(c1)OCCO3)C2. The highest BCUT2D eigenvalue weighted by atomic mass is 16.6. The van der Waals surface area contributed by atoms with Crippen molar-refractivity contribution in [1.29, 1.82) is 0 Å². The Balaban J connectivity index is 1.21. The van der Waals surface area contributed by atoms with Crippen molar-refractivity contribution < 1.29 is 28.6 Å². The molecule has 4 rings (SSSR count). The average Bonchev–Trinajstić information content (AvgIpc) is 3.09. The average molecular weight is 430 g/mol. The molecule has 0 aromatic heterocycles. The smallest absolute Gasteiger partial charge is 0.306 e. The van der Waals surface area contributed by atoms with Crippen molar-refractivity contribution in [1.82, 2.24) is 5.32 Å². The quantitative estimate of drug-likeness (QED) is 0.528. The van der Waals surface area contributed by atoms with Crippen LogP contribution in [-0.2, 0) is 14.3 Å². The van der Waals surface area contributed by atoms with E-state index in [4.69, 9.17) is 14.2 Å². The summed E-state index contributed by atoms with van der Waals surface area (Å²) in [5.74, 6) is 0.754. The van der Waals surface area contributed by atoms with Crippen LogP contribution in [0, 0.1) is 16.7 Å². The van der Waals surface area contributed by atoms with E-state index < -0.39 is 5.97 Å². The van der Waals surface area contributed by atoms with Gasteiger partial charge in [-0.25, -0.2) is 0 Å². The van der Waals surface area contributed by atoms with Crippen LogP contribution in [0.3, 0.4) is 0 Å². The number of nitrogens with one attached hydrogen (secondary N) is 1. The van der Waals surface area contributed by atoms with Crippen LogP contribution in [0.25, 0.3) is 0 Å².